The fourth-order valence-corrected chi connectivity index (χ4v) is 1.79. The second-order valence-electron chi connectivity index (χ2n) is 4.10. The van der Waals surface area contributed by atoms with E-state index in [0.717, 1.165) is 0 Å². The second-order valence-corrected chi connectivity index (χ2v) is 4.10. The summed E-state index contributed by atoms with van der Waals surface area (Å²) in [5.74, 6) is 0. The zero-order chi connectivity index (χ0) is 11.1. The van der Waals surface area contributed by atoms with Gasteiger partial charge in [0.1, 0.15) is 0 Å². The molecule has 0 fully saturated rings. The zero-order valence-electron chi connectivity index (χ0n) is 10.1. The molecule has 1 unspecified atom stereocenters. The van der Waals surface area contributed by atoms with Crippen LogP contribution in [0.25, 0.3) is 0 Å². The van der Waals surface area contributed by atoms with Gasteiger partial charge >= 0.3 is 0 Å². The SMILES string of the molecule is CCCCCC(NC)c1cc(C)ccn1. The Hall–Kier alpha value is -0.890. The van der Waals surface area contributed by atoms with Crippen LogP contribution in [0.1, 0.15) is 49.9 Å². The molecule has 2 heteroatoms. The van der Waals surface area contributed by atoms with Crippen molar-refractivity contribution in [3.63, 3.8) is 0 Å². The highest BCUT2D eigenvalue weighted by Gasteiger charge is 2.09. The predicted octanol–water partition coefficient (Wildman–Crippen LogP) is 3.23. The van der Waals surface area contributed by atoms with E-state index >= 15 is 0 Å². The number of hydrogen-bond donors (Lipinski definition) is 1. The Bertz CT molecular complexity index is 284. The summed E-state index contributed by atoms with van der Waals surface area (Å²) in [6.45, 7) is 4.35. The molecule has 0 saturated heterocycles. The quantitative estimate of drug-likeness (QED) is 0.723. The Morgan fingerprint density at radius 2 is 2.20 bits per heavy atom. The molecule has 1 heterocycles. The van der Waals surface area contributed by atoms with Crippen LogP contribution in [0.15, 0.2) is 18.3 Å². The third-order valence-electron chi connectivity index (χ3n) is 2.74. The van der Waals surface area contributed by atoms with Crippen molar-refractivity contribution in [2.24, 2.45) is 0 Å². The lowest BCUT2D eigenvalue weighted by Gasteiger charge is -2.15. The molecular weight excluding hydrogens is 184 g/mol. The molecule has 0 aromatic carbocycles. The minimum absolute atomic E-state index is 0.413. The Morgan fingerprint density at radius 3 is 2.80 bits per heavy atom. The molecule has 84 valence electrons. The van der Waals surface area contributed by atoms with Gasteiger partial charge in [0.05, 0.1) is 5.69 Å². The molecule has 2 nitrogen and oxygen atoms in total. The van der Waals surface area contributed by atoms with Crippen molar-refractivity contribution in [1.82, 2.24) is 10.3 Å². The average Bonchev–Trinajstić information content (AvgIpc) is 2.24. The smallest absolute Gasteiger partial charge is 0.0575 e. The van der Waals surface area contributed by atoms with E-state index < -0.39 is 0 Å². The van der Waals surface area contributed by atoms with Gasteiger partial charge in [0.15, 0.2) is 0 Å². The number of unbranched alkanes of at least 4 members (excludes halogenated alkanes) is 2. The maximum absolute atomic E-state index is 4.43. The van der Waals surface area contributed by atoms with Crippen LogP contribution < -0.4 is 5.32 Å². The van der Waals surface area contributed by atoms with Gasteiger partial charge in [-0.25, -0.2) is 0 Å². The minimum Gasteiger partial charge on any atom is -0.312 e. The summed E-state index contributed by atoms with van der Waals surface area (Å²) in [5, 5.41) is 3.34. The third-order valence-corrected chi connectivity index (χ3v) is 2.74. The van der Waals surface area contributed by atoms with Crippen molar-refractivity contribution < 1.29 is 0 Å². The van der Waals surface area contributed by atoms with Crippen molar-refractivity contribution in [2.45, 2.75) is 45.6 Å². The Labute approximate surface area is 93.1 Å². The van der Waals surface area contributed by atoms with Gasteiger partial charge in [-0.1, -0.05) is 26.2 Å². The van der Waals surface area contributed by atoms with Crippen molar-refractivity contribution in [3.8, 4) is 0 Å². The number of nitrogens with one attached hydrogen (secondary N) is 1. The first-order valence-electron chi connectivity index (χ1n) is 5.87. The summed E-state index contributed by atoms with van der Waals surface area (Å²) in [5.41, 5.74) is 2.46. The summed E-state index contributed by atoms with van der Waals surface area (Å²) in [4.78, 5) is 4.43. The van der Waals surface area contributed by atoms with E-state index in [0.29, 0.717) is 6.04 Å². The monoisotopic (exact) mass is 206 g/mol. The summed E-state index contributed by atoms with van der Waals surface area (Å²) < 4.78 is 0. The molecule has 1 aromatic heterocycles. The van der Waals surface area contributed by atoms with Gasteiger partial charge < -0.3 is 5.32 Å². The van der Waals surface area contributed by atoms with Gasteiger partial charge in [-0.3, -0.25) is 4.98 Å². The van der Waals surface area contributed by atoms with Crippen LogP contribution in [0.5, 0.6) is 0 Å². The molecule has 0 aliphatic heterocycles. The lowest BCUT2D eigenvalue weighted by Crippen LogP contribution is -2.17. The number of pyridine rings is 1. The Morgan fingerprint density at radius 1 is 1.40 bits per heavy atom. The first-order valence-corrected chi connectivity index (χ1v) is 5.87. The average molecular weight is 206 g/mol. The lowest BCUT2D eigenvalue weighted by atomic mass is 10.0. The normalized spacial score (nSPS) is 12.7. The van der Waals surface area contributed by atoms with E-state index in [4.69, 9.17) is 0 Å². The third kappa shape index (κ3) is 4.00. The van der Waals surface area contributed by atoms with Gasteiger partial charge in [-0.2, -0.15) is 0 Å². The number of aryl methyl sites for hydroxylation is 1. The second kappa shape index (κ2) is 6.57. The molecule has 0 bridgehead atoms. The number of rotatable bonds is 6. The fourth-order valence-electron chi connectivity index (χ4n) is 1.79. The van der Waals surface area contributed by atoms with Crippen LogP contribution in [0, 0.1) is 6.92 Å². The maximum Gasteiger partial charge on any atom is 0.0575 e. The van der Waals surface area contributed by atoms with Gasteiger partial charge in [-0.15, -0.1) is 0 Å². The van der Waals surface area contributed by atoms with Crippen molar-refractivity contribution in [1.29, 1.82) is 0 Å². The molecule has 0 aliphatic rings. The summed E-state index contributed by atoms with van der Waals surface area (Å²) in [6.07, 6.45) is 6.94. The molecule has 1 atom stereocenters. The molecule has 1 rings (SSSR count). The van der Waals surface area contributed by atoms with Crippen molar-refractivity contribution in [2.75, 3.05) is 7.05 Å². The van der Waals surface area contributed by atoms with Crippen LogP contribution in [0.4, 0.5) is 0 Å². The summed E-state index contributed by atoms with van der Waals surface area (Å²) in [6, 6.07) is 4.63. The molecule has 0 saturated carbocycles. The van der Waals surface area contributed by atoms with E-state index in [-0.39, 0.29) is 0 Å². The standard InChI is InChI=1S/C13H22N2/c1-4-5-6-7-12(14-3)13-10-11(2)8-9-15-13/h8-10,12,14H,4-7H2,1-3H3. The van der Waals surface area contributed by atoms with Gasteiger partial charge in [-0.05, 0) is 38.1 Å². The van der Waals surface area contributed by atoms with E-state index in [1.54, 1.807) is 0 Å². The molecule has 0 spiro atoms. The molecule has 0 radical (unpaired) electrons. The fraction of sp³-hybridized carbons (Fsp3) is 0.615. The first kappa shape index (κ1) is 12.2. The van der Waals surface area contributed by atoms with E-state index in [2.05, 4.69) is 30.2 Å². The molecule has 1 N–H and O–H groups in total. The largest absolute Gasteiger partial charge is 0.312 e. The zero-order valence-corrected chi connectivity index (χ0v) is 10.1. The Kier molecular flexibility index (Phi) is 5.33. The highest BCUT2D eigenvalue weighted by molar-refractivity contribution is 5.17. The first-order chi connectivity index (χ1) is 7.27. The van der Waals surface area contributed by atoms with Crippen molar-refractivity contribution in [3.05, 3.63) is 29.6 Å². The Balaban J connectivity index is 2.57. The summed E-state index contributed by atoms with van der Waals surface area (Å²) >= 11 is 0. The molecular formula is C13H22N2. The van der Waals surface area contributed by atoms with E-state index in [9.17, 15) is 0 Å². The topological polar surface area (TPSA) is 24.9 Å². The molecule has 0 amide bonds. The maximum atomic E-state index is 4.43. The minimum atomic E-state index is 0.413. The van der Waals surface area contributed by atoms with Gasteiger partial charge in [0.2, 0.25) is 0 Å². The van der Waals surface area contributed by atoms with Crippen LogP contribution in [0.2, 0.25) is 0 Å². The highest BCUT2D eigenvalue weighted by atomic mass is 14.9. The van der Waals surface area contributed by atoms with Gasteiger partial charge in [0, 0.05) is 12.2 Å². The summed E-state index contributed by atoms with van der Waals surface area (Å²) in [7, 11) is 2.01. The molecule has 0 aliphatic carbocycles. The van der Waals surface area contributed by atoms with Gasteiger partial charge in [0.25, 0.3) is 0 Å². The molecule has 15 heavy (non-hydrogen) atoms. The number of nitrogens with zero attached hydrogens (tertiary/aromatic N) is 1. The number of aromatic nitrogens is 1. The van der Waals surface area contributed by atoms with E-state index in [1.807, 2.05) is 19.3 Å². The highest BCUT2D eigenvalue weighted by Crippen LogP contribution is 2.18. The van der Waals surface area contributed by atoms with Crippen LogP contribution in [-0.2, 0) is 0 Å². The lowest BCUT2D eigenvalue weighted by molar-refractivity contribution is 0.501. The van der Waals surface area contributed by atoms with Crippen LogP contribution in [0.3, 0.4) is 0 Å². The molecule has 1 aromatic rings. The number of hydrogen-bond acceptors (Lipinski definition) is 2. The van der Waals surface area contributed by atoms with Crippen LogP contribution >= 0.6 is 0 Å². The van der Waals surface area contributed by atoms with E-state index in [1.165, 1.54) is 36.9 Å². The van der Waals surface area contributed by atoms with Crippen LogP contribution in [-0.4, -0.2) is 12.0 Å². The van der Waals surface area contributed by atoms with Crippen molar-refractivity contribution >= 4 is 0 Å². The predicted molar refractivity (Wildman–Crippen MR) is 64.9 cm³/mol.